The molecule has 0 amide bonds. The Hall–Kier alpha value is -1.59. The second-order valence-electron chi connectivity index (χ2n) is 4.44. The lowest BCUT2D eigenvalue weighted by molar-refractivity contribution is -0.0528. The predicted octanol–water partition coefficient (Wildman–Crippen LogP) is 0.756. The number of para-hydroxylation sites is 1. The van der Waals surface area contributed by atoms with Crippen LogP contribution in [0.1, 0.15) is 10.4 Å². The van der Waals surface area contributed by atoms with Crippen LogP contribution in [-0.4, -0.2) is 50.3 Å². The summed E-state index contributed by atoms with van der Waals surface area (Å²) in [5, 5.41) is 0. The highest BCUT2D eigenvalue weighted by atomic mass is 16.6. The lowest BCUT2D eigenvalue weighted by Crippen LogP contribution is -2.42. The number of esters is 1. The van der Waals surface area contributed by atoms with Crippen molar-refractivity contribution in [2.45, 2.75) is 6.10 Å². The van der Waals surface area contributed by atoms with Crippen LogP contribution in [-0.2, 0) is 9.47 Å². The minimum Gasteiger partial charge on any atom is -0.459 e. The van der Waals surface area contributed by atoms with Crippen LogP contribution in [0.15, 0.2) is 24.3 Å². The molecule has 2 N–H and O–H groups in total. The van der Waals surface area contributed by atoms with Crippen LogP contribution in [0.5, 0.6) is 0 Å². The van der Waals surface area contributed by atoms with Crippen molar-refractivity contribution in [1.82, 2.24) is 4.90 Å². The van der Waals surface area contributed by atoms with Gasteiger partial charge >= 0.3 is 5.97 Å². The van der Waals surface area contributed by atoms with Gasteiger partial charge in [-0.3, -0.25) is 0 Å². The Kier molecular flexibility index (Phi) is 4.17. The summed E-state index contributed by atoms with van der Waals surface area (Å²) in [6, 6.07) is 6.89. The molecular weight excluding hydrogens is 232 g/mol. The predicted molar refractivity (Wildman–Crippen MR) is 68.4 cm³/mol. The lowest BCUT2D eigenvalue weighted by Gasteiger charge is -2.29. The van der Waals surface area contributed by atoms with Crippen molar-refractivity contribution < 1.29 is 14.3 Å². The van der Waals surface area contributed by atoms with Gasteiger partial charge in [-0.25, -0.2) is 4.79 Å². The second kappa shape index (κ2) is 5.84. The van der Waals surface area contributed by atoms with Crippen molar-refractivity contribution in [3.63, 3.8) is 0 Å². The lowest BCUT2D eigenvalue weighted by atomic mass is 10.2. The summed E-state index contributed by atoms with van der Waals surface area (Å²) in [6.45, 7) is 2.62. The molecule has 1 saturated heterocycles. The molecule has 2 rings (SSSR count). The number of hydrogen-bond donors (Lipinski definition) is 1. The summed E-state index contributed by atoms with van der Waals surface area (Å²) < 4.78 is 10.7. The maximum absolute atomic E-state index is 11.8. The van der Waals surface area contributed by atoms with Crippen LogP contribution in [0.3, 0.4) is 0 Å². The molecule has 1 aliphatic rings. The summed E-state index contributed by atoms with van der Waals surface area (Å²) in [5.41, 5.74) is 6.55. The Balaban J connectivity index is 1.87. The van der Waals surface area contributed by atoms with Crippen LogP contribution in [0.4, 0.5) is 5.69 Å². The Morgan fingerprint density at radius 1 is 1.56 bits per heavy atom. The zero-order valence-corrected chi connectivity index (χ0v) is 10.5. The Labute approximate surface area is 106 Å². The van der Waals surface area contributed by atoms with Crippen molar-refractivity contribution in [1.29, 1.82) is 0 Å². The molecule has 5 nitrogen and oxygen atoms in total. The van der Waals surface area contributed by atoms with Gasteiger partial charge in [0.2, 0.25) is 0 Å². The zero-order valence-electron chi connectivity index (χ0n) is 10.5. The molecule has 1 aromatic carbocycles. The van der Waals surface area contributed by atoms with Gasteiger partial charge < -0.3 is 20.1 Å². The van der Waals surface area contributed by atoms with Gasteiger partial charge in [0.1, 0.15) is 12.7 Å². The second-order valence-corrected chi connectivity index (χ2v) is 4.44. The quantitative estimate of drug-likeness (QED) is 0.633. The SMILES string of the molecule is CN1CCOC(COC(=O)c2ccccc2N)C1. The molecule has 5 heteroatoms. The number of nitrogens with zero attached hydrogens (tertiary/aromatic N) is 1. The number of morpholine rings is 1. The number of carbonyl (C=O) groups is 1. The standard InChI is InChI=1S/C13H18N2O3/c1-15-6-7-17-10(8-15)9-18-13(16)11-4-2-3-5-12(11)14/h2-5,10H,6-9,14H2,1H3. The molecular formula is C13H18N2O3. The summed E-state index contributed by atoms with van der Waals surface area (Å²) in [6.07, 6.45) is -0.0577. The monoisotopic (exact) mass is 250 g/mol. The van der Waals surface area contributed by atoms with E-state index in [1.54, 1.807) is 24.3 Å². The minimum atomic E-state index is -0.398. The fourth-order valence-corrected chi connectivity index (χ4v) is 1.90. The highest BCUT2D eigenvalue weighted by Crippen LogP contribution is 2.12. The van der Waals surface area contributed by atoms with Crippen molar-refractivity contribution >= 4 is 11.7 Å². The molecule has 0 aromatic heterocycles. The number of rotatable bonds is 3. The molecule has 1 unspecified atom stereocenters. The molecule has 98 valence electrons. The fourth-order valence-electron chi connectivity index (χ4n) is 1.90. The van der Waals surface area contributed by atoms with Crippen LogP contribution in [0.2, 0.25) is 0 Å². The number of ether oxygens (including phenoxy) is 2. The molecule has 1 heterocycles. The van der Waals surface area contributed by atoms with E-state index in [-0.39, 0.29) is 12.7 Å². The van der Waals surface area contributed by atoms with Gasteiger partial charge in [0, 0.05) is 18.8 Å². The summed E-state index contributed by atoms with van der Waals surface area (Å²) in [4.78, 5) is 14.0. The normalized spacial score (nSPS) is 20.6. The van der Waals surface area contributed by atoms with Gasteiger partial charge in [0.05, 0.1) is 12.2 Å². The highest BCUT2D eigenvalue weighted by molar-refractivity contribution is 5.94. The van der Waals surface area contributed by atoms with E-state index >= 15 is 0 Å². The van der Waals surface area contributed by atoms with Gasteiger partial charge in [0.25, 0.3) is 0 Å². The average Bonchev–Trinajstić information content (AvgIpc) is 2.37. The van der Waals surface area contributed by atoms with Crippen molar-refractivity contribution in [3.05, 3.63) is 29.8 Å². The summed E-state index contributed by atoms with van der Waals surface area (Å²) >= 11 is 0. The largest absolute Gasteiger partial charge is 0.459 e. The van der Waals surface area contributed by atoms with E-state index in [0.29, 0.717) is 17.9 Å². The van der Waals surface area contributed by atoms with E-state index in [9.17, 15) is 4.79 Å². The van der Waals surface area contributed by atoms with Gasteiger partial charge in [0.15, 0.2) is 0 Å². The number of benzene rings is 1. The van der Waals surface area contributed by atoms with E-state index in [4.69, 9.17) is 15.2 Å². The minimum absolute atomic E-state index is 0.0577. The number of hydrogen-bond acceptors (Lipinski definition) is 5. The zero-order chi connectivity index (χ0) is 13.0. The van der Waals surface area contributed by atoms with Gasteiger partial charge in [-0.2, -0.15) is 0 Å². The molecule has 0 radical (unpaired) electrons. The number of anilines is 1. The molecule has 1 atom stereocenters. The maximum Gasteiger partial charge on any atom is 0.340 e. The maximum atomic E-state index is 11.8. The first kappa shape index (κ1) is 12.9. The van der Waals surface area contributed by atoms with Crippen molar-refractivity contribution in [3.8, 4) is 0 Å². The van der Waals surface area contributed by atoms with E-state index in [1.165, 1.54) is 0 Å². The van der Waals surface area contributed by atoms with Gasteiger partial charge in [-0.1, -0.05) is 12.1 Å². The van der Waals surface area contributed by atoms with Gasteiger partial charge in [-0.05, 0) is 19.2 Å². The smallest absolute Gasteiger partial charge is 0.340 e. The Morgan fingerprint density at radius 2 is 2.33 bits per heavy atom. The van der Waals surface area contributed by atoms with Crippen molar-refractivity contribution in [2.24, 2.45) is 0 Å². The van der Waals surface area contributed by atoms with E-state index in [2.05, 4.69) is 4.90 Å². The first-order valence-electron chi connectivity index (χ1n) is 5.98. The van der Waals surface area contributed by atoms with Crippen LogP contribution < -0.4 is 5.73 Å². The molecule has 1 aromatic rings. The molecule has 1 fully saturated rings. The van der Waals surface area contributed by atoms with E-state index in [0.717, 1.165) is 13.1 Å². The molecule has 0 spiro atoms. The number of carbonyl (C=O) groups excluding carboxylic acids is 1. The molecule has 0 saturated carbocycles. The molecule has 1 aliphatic heterocycles. The first-order chi connectivity index (χ1) is 8.66. The average molecular weight is 250 g/mol. The highest BCUT2D eigenvalue weighted by Gasteiger charge is 2.20. The third kappa shape index (κ3) is 3.21. The number of likely N-dealkylation sites (N-methyl/N-ethyl adjacent to an activating group) is 1. The summed E-state index contributed by atoms with van der Waals surface area (Å²) in [7, 11) is 2.02. The number of nitrogens with two attached hydrogens (primary N) is 1. The van der Waals surface area contributed by atoms with E-state index in [1.807, 2.05) is 7.05 Å². The first-order valence-corrected chi connectivity index (χ1v) is 5.98. The topological polar surface area (TPSA) is 64.8 Å². The number of nitrogen functional groups attached to an aromatic ring is 1. The van der Waals surface area contributed by atoms with Gasteiger partial charge in [-0.15, -0.1) is 0 Å². The Bertz CT molecular complexity index is 422. The van der Waals surface area contributed by atoms with Crippen LogP contribution in [0.25, 0.3) is 0 Å². The Morgan fingerprint density at radius 3 is 3.06 bits per heavy atom. The fraction of sp³-hybridized carbons (Fsp3) is 0.462. The molecule has 0 bridgehead atoms. The summed E-state index contributed by atoms with van der Waals surface area (Å²) in [5.74, 6) is -0.398. The van der Waals surface area contributed by atoms with Crippen LogP contribution in [0, 0.1) is 0 Å². The third-order valence-electron chi connectivity index (χ3n) is 2.92. The van der Waals surface area contributed by atoms with Crippen LogP contribution >= 0.6 is 0 Å². The van der Waals surface area contributed by atoms with Crippen molar-refractivity contribution in [2.75, 3.05) is 39.1 Å². The molecule has 18 heavy (non-hydrogen) atoms. The van der Waals surface area contributed by atoms with E-state index < -0.39 is 5.97 Å². The third-order valence-corrected chi connectivity index (χ3v) is 2.92. The molecule has 0 aliphatic carbocycles.